The van der Waals surface area contributed by atoms with Crippen molar-refractivity contribution < 1.29 is 5.11 Å². The third kappa shape index (κ3) is 8.86. The minimum atomic E-state index is -0.345. The molecular formula is C51H76N8O. The first-order valence-corrected chi connectivity index (χ1v) is 25.1. The first-order chi connectivity index (χ1) is 29.5. The molecule has 9 heteroatoms. The number of rotatable bonds is 9. The van der Waals surface area contributed by atoms with Gasteiger partial charge in [-0.25, -0.2) is 9.97 Å². The molecule has 0 bridgehead atoms. The van der Waals surface area contributed by atoms with E-state index in [0.29, 0.717) is 24.5 Å². The highest BCUT2D eigenvalue weighted by atomic mass is 16.3. The highest BCUT2D eigenvalue weighted by Crippen LogP contribution is 2.48. The third-order valence-electron chi connectivity index (χ3n) is 16.8. The van der Waals surface area contributed by atoms with Crippen LogP contribution in [0.4, 0.5) is 0 Å². The second kappa shape index (κ2) is 18.5. The number of aromatic nitrogens is 4. The molecule has 4 aromatic rings. The number of nitrogens with one attached hydrogen (secondary N) is 1. The molecule has 3 aliphatic heterocycles. The SMILES string of the molecule is NC1(c2nc3ccccc3n2C2CCN(CC3CCCCCCC3)CC2)CCC(C2CCCCCC(CN3CCC(n4c([C@@H]5C[C@@H](O)CN5)nc5ccccc54)CC3)C2)C1. The van der Waals surface area contributed by atoms with Gasteiger partial charge in [-0.3, -0.25) is 0 Å². The average Bonchev–Trinajstić information content (AvgIpc) is 4.05. The van der Waals surface area contributed by atoms with Crippen molar-refractivity contribution in [2.75, 3.05) is 45.8 Å². The lowest BCUT2D eigenvalue weighted by Gasteiger charge is -2.38. The maximum atomic E-state index is 10.4. The standard InChI is InChI=1S/C51H76N8O/c52-51(50-55-45-18-10-12-20-48(45)59(50)42-24-29-56(30-25-42)35-37-13-5-2-1-3-6-14-37)26-21-40(33-51)39-16-8-4-7-15-38(31-39)36-57-27-22-41(23-28-57)58-47-19-11-9-17-44(47)54-49(58)46-32-43(60)34-53-46/h9-12,17-20,37-43,46,53,60H,1-8,13-16,21-36,52H2/t38?,39?,40?,43-,46+,51?/m1/s1. The molecule has 2 aromatic heterocycles. The zero-order chi connectivity index (χ0) is 40.5. The summed E-state index contributed by atoms with van der Waals surface area (Å²) >= 11 is 0. The molecule has 3 aliphatic carbocycles. The van der Waals surface area contributed by atoms with Gasteiger partial charge in [0.05, 0.1) is 39.8 Å². The van der Waals surface area contributed by atoms with Crippen LogP contribution in [0, 0.1) is 23.7 Å². The van der Waals surface area contributed by atoms with Crippen molar-refractivity contribution in [3.8, 4) is 0 Å². The van der Waals surface area contributed by atoms with Crippen molar-refractivity contribution in [3.63, 3.8) is 0 Å². The van der Waals surface area contributed by atoms with Crippen molar-refractivity contribution in [3.05, 3.63) is 60.2 Å². The summed E-state index contributed by atoms with van der Waals surface area (Å²) in [5.41, 5.74) is 12.1. The van der Waals surface area contributed by atoms with Crippen molar-refractivity contribution in [1.82, 2.24) is 34.2 Å². The highest BCUT2D eigenvalue weighted by Gasteiger charge is 2.45. The van der Waals surface area contributed by atoms with Crippen molar-refractivity contribution in [1.29, 1.82) is 0 Å². The summed E-state index contributed by atoms with van der Waals surface area (Å²) in [5.74, 6) is 5.44. The van der Waals surface area contributed by atoms with Crippen LogP contribution in [0.2, 0.25) is 0 Å². The predicted molar refractivity (Wildman–Crippen MR) is 244 cm³/mol. The van der Waals surface area contributed by atoms with Gasteiger partial charge in [0.25, 0.3) is 0 Å². The molecule has 6 fully saturated rings. The number of aliphatic hydroxyl groups excluding tert-OH is 1. The van der Waals surface area contributed by atoms with Crippen LogP contribution in [0.1, 0.15) is 165 Å². The van der Waals surface area contributed by atoms with E-state index in [4.69, 9.17) is 15.7 Å². The first kappa shape index (κ1) is 41.2. The second-order valence-corrected chi connectivity index (χ2v) is 20.9. The van der Waals surface area contributed by atoms with Gasteiger partial charge >= 0.3 is 0 Å². The average molecular weight is 817 g/mol. The van der Waals surface area contributed by atoms with E-state index in [1.54, 1.807) is 0 Å². The Kier molecular flexibility index (Phi) is 12.7. The van der Waals surface area contributed by atoms with E-state index in [-0.39, 0.29) is 17.7 Å². The number of aliphatic hydroxyl groups is 1. The predicted octanol–water partition coefficient (Wildman–Crippen LogP) is 9.66. The lowest BCUT2D eigenvalue weighted by Crippen LogP contribution is -2.41. The Bertz CT molecular complexity index is 2000. The minimum Gasteiger partial charge on any atom is -0.392 e. The third-order valence-corrected chi connectivity index (χ3v) is 16.8. The molecule has 9 nitrogen and oxygen atoms in total. The molecule has 6 aliphatic rings. The van der Waals surface area contributed by atoms with E-state index in [2.05, 4.69) is 72.8 Å². The lowest BCUT2D eigenvalue weighted by molar-refractivity contribution is 0.130. The molecule has 4 unspecified atom stereocenters. The normalized spacial score (nSPS) is 31.7. The van der Waals surface area contributed by atoms with Gasteiger partial charge < -0.3 is 35.1 Å². The number of fused-ring (bicyclic) bond motifs is 2. The van der Waals surface area contributed by atoms with E-state index in [0.717, 1.165) is 79.8 Å². The number of hydrogen-bond acceptors (Lipinski definition) is 7. The number of likely N-dealkylation sites (tertiary alicyclic amines) is 2. The van der Waals surface area contributed by atoms with Crippen molar-refractivity contribution in [2.45, 2.75) is 165 Å². The molecule has 3 saturated carbocycles. The summed E-state index contributed by atoms with van der Waals surface area (Å²) in [5, 5.41) is 13.9. The zero-order valence-electron chi connectivity index (χ0n) is 36.7. The highest BCUT2D eigenvalue weighted by molar-refractivity contribution is 5.77. The van der Waals surface area contributed by atoms with E-state index in [1.165, 1.54) is 146 Å². The molecular weight excluding hydrogens is 741 g/mol. The molecule has 2 aromatic carbocycles. The summed E-state index contributed by atoms with van der Waals surface area (Å²) in [6.07, 6.45) is 26.9. The summed E-state index contributed by atoms with van der Waals surface area (Å²) in [4.78, 5) is 16.2. The molecule has 10 rings (SSSR count). The fraction of sp³-hybridized carbons (Fsp3) is 0.725. The molecule has 0 spiro atoms. The van der Waals surface area contributed by atoms with Crippen molar-refractivity contribution >= 4 is 22.1 Å². The van der Waals surface area contributed by atoms with Crippen LogP contribution < -0.4 is 11.1 Å². The zero-order valence-corrected chi connectivity index (χ0v) is 36.7. The maximum absolute atomic E-state index is 10.4. The van der Waals surface area contributed by atoms with Crippen LogP contribution >= 0.6 is 0 Å². The van der Waals surface area contributed by atoms with Crippen LogP contribution in [0.3, 0.4) is 0 Å². The number of nitrogens with two attached hydrogens (primary N) is 1. The van der Waals surface area contributed by atoms with Gasteiger partial charge in [0.2, 0.25) is 0 Å². The fourth-order valence-electron chi connectivity index (χ4n) is 13.5. The number of hydrogen-bond donors (Lipinski definition) is 3. The van der Waals surface area contributed by atoms with Gasteiger partial charge in [0.1, 0.15) is 11.6 Å². The van der Waals surface area contributed by atoms with Crippen LogP contribution in [0.15, 0.2) is 48.5 Å². The summed E-state index contributed by atoms with van der Waals surface area (Å²) < 4.78 is 5.21. The summed E-state index contributed by atoms with van der Waals surface area (Å²) in [6.45, 7) is 7.93. The minimum absolute atomic E-state index is 0.127. The molecule has 326 valence electrons. The quantitative estimate of drug-likeness (QED) is 0.155. The Morgan fingerprint density at radius 3 is 1.87 bits per heavy atom. The summed E-state index contributed by atoms with van der Waals surface area (Å²) in [7, 11) is 0. The molecule has 3 saturated heterocycles. The Hall–Kier alpha value is -2.82. The number of para-hydroxylation sites is 4. The van der Waals surface area contributed by atoms with Crippen LogP contribution in [0.25, 0.3) is 22.1 Å². The topological polar surface area (TPSA) is 100 Å². The number of piperidine rings is 2. The van der Waals surface area contributed by atoms with Crippen LogP contribution in [0.5, 0.6) is 0 Å². The molecule has 60 heavy (non-hydrogen) atoms. The molecule has 0 amide bonds. The van der Waals surface area contributed by atoms with E-state index in [1.807, 2.05) is 0 Å². The van der Waals surface area contributed by atoms with E-state index < -0.39 is 0 Å². The molecule has 6 atom stereocenters. The number of benzene rings is 2. The Labute approximate surface area is 360 Å². The Morgan fingerprint density at radius 2 is 1.18 bits per heavy atom. The largest absolute Gasteiger partial charge is 0.392 e. The van der Waals surface area contributed by atoms with Gasteiger partial charge in [0, 0.05) is 57.9 Å². The summed E-state index contributed by atoms with van der Waals surface area (Å²) in [6, 6.07) is 18.6. The first-order valence-electron chi connectivity index (χ1n) is 25.1. The van der Waals surface area contributed by atoms with Gasteiger partial charge in [-0.1, -0.05) is 82.1 Å². The number of imidazole rings is 2. The molecule has 5 heterocycles. The fourth-order valence-corrected chi connectivity index (χ4v) is 13.5. The lowest BCUT2D eigenvalue weighted by atomic mass is 9.76. The van der Waals surface area contributed by atoms with Gasteiger partial charge in [-0.2, -0.15) is 0 Å². The maximum Gasteiger partial charge on any atom is 0.130 e. The monoisotopic (exact) mass is 817 g/mol. The molecule has 0 radical (unpaired) electrons. The van der Waals surface area contributed by atoms with Crippen LogP contribution in [-0.2, 0) is 5.54 Å². The van der Waals surface area contributed by atoms with Gasteiger partial charge in [0.15, 0.2) is 0 Å². The van der Waals surface area contributed by atoms with E-state index in [9.17, 15) is 5.11 Å². The number of β-amino-alcohol motifs (C(OH)–C–C–N with tert-alkyl or cyclic N) is 1. The molecule has 4 N–H and O–H groups in total. The van der Waals surface area contributed by atoms with Crippen LogP contribution in [-0.4, -0.2) is 85.9 Å². The Balaban J connectivity index is 0.787. The van der Waals surface area contributed by atoms with Crippen molar-refractivity contribution in [2.24, 2.45) is 29.4 Å². The number of nitrogens with zero attached hydrogens (tertiary/aromatic N) is 6. The second-order valence-electron chi connectivity index (χ2n) is 20.9. The van der Waals surface area contributed by atoms with E-state index >= 15 is 0 Å². The smallest absolute Gasteiger partial charge is 0.130 e. The van der Waals surface area contributed by atoms with Gasteiger partial charge in [-0.05, 0) is 125 Å². The Morgan fingerprint density at radius 1 is 0.617 bits per heavy atom. The van der Waals surface area contributed by atoms with Gasteiger partial charge in [-0.15, -0.1) is 0 Å².